The van der Waals surface area contributed by atoms with Gasteiger partial charge in [0, 0.05) is 5.92 Å². The lowest BCUT2D eigenvalue weighted by atomic mass is 10.2. The molecule has 0 fully saturated rings. The van der Waals surface area contributed by atoms with Gasteiger partial charge in [-0.3, -0.25) is 0 Å². The fourth-order valence-corrected chi connectivity index (χ4v) is 1.53. The number of alkyl halides is 3. The Hall–Kier alpha value is -0.540. The molecule has 1 N–H and O–H groups in total. The maximum Gasteiger partial charge on any atom is 0.457 e. The number of nitrogens with one attached hydrogen (secondary N) is 1. The van der Waals surface area contributed by atoms with Crippen LogP contribution in [-0.2, 0) is 11.0 Å². The first-order valence-electron chi connectivity index (χ1n) is 4.83. The van der Waals surface area contributed by atoms with Gasteiger partial charge in [-0.15, -0.1) is 0 Å². The summed E-state index contributed by atoms with van der Waals surface area (Å²) in [4.78, 5) is 0. The number of rotatable bonds is 3. The van der Waals surface area contributed by atoms with Crippen molar-refractivity contribution in [3.63, 3.8) is 0 Å². The van der Waals surface area contributed by atoms with Crippen molar-refractivity contribution in [2.45, 2.75) is 51.1 Å². The van der Waals surface area contributed by atoms with Crippen LogP contribution in [0.15, 0.2) is 0 Å². The maximum atomic E-state index is 11.8. The molecular formula is C10H16F3NOS. The standard InChI is InChI=1S/C10H16F3NOS/c1-5-8(6-7-10(11,12)13)14-16(15)9(2,3)4/h8,14H,5H2,1-4H3/t8-,16?/m0/s1. The van der Waals surface area contributed by atoms with Gasteiger partial charge in [-0.05, 0) is 27.2 Å². The van der Waals surface area contributed by atoms with Crippen molar-refractivity contribution in [3.05, 3.63) is 0 Å². The van der Waals surface area contributed by atoms with Gasteiger partial charge in [0.05, 0.1) is 21.8 Å². The highest BCUT2D eigenvalue weighted by molar-refractivity contribution is 7.84. The van der Waals surface area contributed by atoms with Crippen LogP contribution in [0.3, 0.4) is 0 Å². The van der Waals surface area contributed by atoms with Gasteiger partial charge in [0.1, 0.15) is 0 Å². The molecule has 2 atom stereocenters. The zero-order valence-corrected chi connectivity index (χ0v) is 10.6. The highest BCUT2D eigenvalue weighted by atomic mass is 32.2. The molecule has 6 heteroatoms. The fourth-order valence-electron chi connectivity index (χ4n) is 0.690. The van der Waals surface area contributed by atoms with E-state index in [1.165, 1.54) is 5.92 Å². The third kappa shape index (κ3) is 6.85. The van der Waals surface area contributed by atoms with Crippen LogP contribution in [0.4, 0.5) is 13.2 Å². The average molecular weight is 255 g/mol. The van der Waals surface area contributed by atoms with Crippen molar-refractivity contribution in [2.75, 3.05) is 0 Å². The topological polar surface area (TPSA) is 29.1 Å². The van der Waals surface area contributed by atoms with E-state index >= 15 is 0 Å². The predicted molar refractivity (Wildman–Crippen MR) is 58.9 cm³/mol. The molecule has 0 saturated carbocycles. The molecule has 1 unspecified atom stereocenters. The van der Waals surface area contributed by atoms with Gasteiger partial charge in [-0.25, -0.2) is 8.93 Å². The summed E-state index contributed by atoms with van der Waals surface area (Å²) in [6.07, 6.45) is -4.14. The summed E-state index contributed by atoms with van der Waals surface area (Å²) in [5.74, 6) is 3.22. The Labute approximate surface area is 96.6 Å². The molecule has 0 bridgehead atoms. The van der Waals surface area contributed by atoms with E-state index in [1.807, 2.05) is 5.92 Å². The third-order valence-corrected chi connectivity index (χ3v) is 3.21. The van der Waals surface area contributed by atoms with Crippen molar-refractivity contribution in [1.29, 1.82) is 0 Å². The van der Waals surface area contributed by atoms with E-state index in [1.54, 1.807) is 27.7 Å². The number of hydrogen-bond donors (Lipinski definition) is 1. The molecule has 0 aliphatic heterocycles. The lowest BCUT2D eigenvalue weighted by molar-refractivity contribution is -0.0698. The molecule has 0 radical (unpaired) electrons. The van der Waals surface area contributed by atoms with Crippen LogP contribution in [0.5, 0.6) is 0 Å². The summed E-state index contributed by atoms with van der Waals surface area (Å²) in [6, 6.07) is -0.707. The second-order valence-corrected chi connectivity index (χ2v) is 6.22. The second kappa shape index (κ2) is 5.69. The van der Waals surface area contributed by atoms with Gasteiger partial charge in [-0.1, -0.05) is 12.8 Å². The Morgan fingerprint density at radius 1 is 1.31 bits per heavy atom. The van der Waals surface area contributed by atoms with E-state index in [9.17, 15) is 17.4 Å². The van der Waals surface area contributed by atoms with Crippen LogP contribution in [0.25, 0.3) is 0 Å². The number of hydrogen-bond acceptors (Lipinski definition) is 1. The SMILES string of the molecule is CC[C@@H](C#CC(F)(F)F)NS(=O)C(C)(C)C. The van der Waals surface area contributed by atoms with Gasteiger partial charge >= 0.3 is 6.18 Å². The van der Waals surface area contributed by atoms with Crippen molar-refractivity contribution < 1.29 is 17.4 Å². The second-order valence-electron chi connectivity index (χ2n) is 4.23. The summed E-state index contributed by atoms with van der Waals surface area (Å²) < 4.78 is 49.2. The van der Waals surface area contributed by atoms with Crippen LogP contribution in [-0.4, -0.2) is 21.2 Å². The van der Waals surface area contributed by atoms with E-state index in [-0.39, 0.29) is 0 Å². The Balaban J connectivity index is 4.54. The summed E-state index contributed by atoms with van der Waals surface area (Å²) in [5.41, 5.74) is 0. The van der Waals surface area contributed by atoms with Gasteiger partial charge in [0.15, 0.2) is 0 Å². The molecule has 0 aliphatic carbocycles. The Bertz CT molecular complexity index is 309. The molecule has 0 spiro atoms. The molecule has 0 rings (SSSR count). The molecule has 0 aliphatic rings. The van der Waals surface area contributed by atoms with Gasteiger partial charge < -0.3 is 0 Å². The first kappa shape index (κ1) is 15.5. The van der Waals surface area contributed by atoms with Gasteiger partial charge in [0.2, 0.25) is 0 Å². The minimum atomic E-state index is -4.50. The molecule has 0 heterocycles. The molecule has 0 amide bonds. The third-order valence-electron chi connectivity index (χ3n) is 1.60. The summed E-state index contributed by atoms with van der Waals surface area (Å²) in [6.45, 7) is 6.89. The highest BCUT2D eigenvalue weighted by Gasteiger charge is 2.25. The average Bonchev–Trinajstić information content (AvgIpc) is 2.08. The summed E-state index contributed by atoms with van der Waals surface area (Å²) in [5, 5.41) is 0. The van der Waals surface area contributed by atoms with Gasteiger partial charge in [-0.2, -0.15) is 13.2 Å². The van der Waals surface area contributed by atoms with E-state index in [0.29, 0.717) is 6.42 Å². The van der Waals surface area contributed by atoms with Crippen LogP contribution in [0.1, 0.15) is 34.1 Å². The van der Waals surface area contributed by atoms with E-state index in [0.717, 1.165) is 0 Å². The van der Waals surface area contributed by atoms with Crippen molar-refractivity contribution >= 4 is 11.0 Å². The predicted octanol–water partition coefficient (Wildman–Crippen LogP) is 2.38. The molecule has 2 nitrogen and oxygen atoms in total. The Morgan fingerprint density at radius 2 is 1.81 bits per heavy atom. The van der Waals surface area contributed by atoms with Gasteiger partial charge in [0.25, 0.3) is 0 Å². The molecular weight excluding hydrogens is 239 g/mol. The molecule has 16 heavy (non-hydrogen) atoms. The van der Waals surface area contributed by atoms with Crippen LogP contribution >= 0.6 is 0 Å². The molecule has 0 saturated heterocycles. The minimum Gasteiger partial charge on any atom is -0.242 e. The van der Waals surface area contributed by atoms with Crippen molar-refractivity contribution in [3.8, 4) is 11.8 Å². The first-order chi connectivity index (χ1) is 7.06. The minimum absolute atomic E-state index is 0.366. The molecule has 0 aromatic carbocycles. The zero-order chi connectivity index (χ0) is 13.0. The first-order valence-corrected chi connectivity index (χ1v) is 5.98. The van der Waals surface area contributed by atoms with Crippen molar-refractivity contribution in [1.82, 2.24) is 4.72 Å². The highest BCUT2D eigenvalue weighted by Crippen LogP contribution is 2.13. The molecule has 0 aromatic heterocycles. The van der Waals surface area contributed by atoms with Crippen molar-refractivity contribution in [2.24, 2.45) is 0 Å². The smallest absolute Gasteiger partial charge is 0.242 e. The van der Waals surface area contributed by atoms with Crippen LogP contribution < -0.4 is 4.72 Å². The molecule has 94 valence electrons. The number of halogens is 3. The lowest BCUT2D eigenvalue weighted by Crippen LogP contribution is -2.39. The Morgan fingerprint density at radius 3 is 2.12 bits per heavy atom. The quantitative estimate of drug-likeness (QED) is 0.771. The monoisotopic (exact) mass is 255 g/mol. The largest absolute Gasteiger partial charge is 0.457 e. The Kier molecular flexibility index (Phi) is 5.50. The maximum absolute atomic E-state index is 11.8. The zero-order valence-electron chi connectivity index (χ0n) is 9.73. The summed E-state index contributed by atoms with van der Waals surface area (Å²) >= 11 is 0. The fraction of sp³-hybridized carbons (Fsp3) is 0.800. The van der Waals surface area contributed by atoms with E-state index < -0.39 is 28.0 Å². The summed E-state index contributed by atoms with van der Waals surface area (Å²) in [7, 11) is -1.42. The normalized spacial score (nSPS) is 16.2. The van der Waals surface area contributed by atoms with Crippen LogP contribution in [0, 0.1) is 11.8 Å². The molecule has 0 aromatic rings. The van der Waals surface area contributed by atoms with E-state index in [4.69, 9.17) is 0 Å². The lowest BCUT2D eigenvalue weighted by Gasteiger charge is -2.20. The van der Waals surface area contributed by atoms with E-state index in [2.05, 4.69) is 4.72 Å². The van der Waals surface area contributed by atoms with Crippen LogP contribution in [0.2, 0.25) is 0 Å².